The van der Waals surface area contributed by atoms with E-state index in [0.717, 1.165) is 0 Å². The van der Waals surface area contributed by atoms with Gasteiger partial charge in [0, 0.05) is 37.2 Å². The van der Waals surface area contributed by atoms with Crippen molar-refractivity contribution < 1.29 is 101 Å². The van der Waals surface area contributed by atoms with Gasteiger partial charge in [0.05, 0.1) is 64.8 Å². The summed E-state index contributed by atoms with van der Waals surface area (Å²) < 4.78 is 68.8. The molecule has 0 saturated carbocycles. The first-order valence-corrected chi connectivity index (χ1v) is 79.8. The fraction of sp³-hybridized carbons (Fsp3) is 0.699. The third kappa shape index (κ3) is 29.5. The molecule has 711 valence electrons. The summed E-state index contributed by atoms with van der Waals surface area (Å²) in [6, 6.07) is 0. The molecule has 0 spiro atoms. The van der Waals surface area contributed by atoms with Gasteiger partial charge >= 0.3 is 126 Å². The van der Waals surface area contributed by atoms with Gasteiger partial charge in [-0.25, -0.2) is 59.8 Å². The number of imidazole rings is 4. The number of aliphatic hydroxyl groups excluding tert-OH is 6. The van der Waals surface area contributed by atoms with Crippen LogP contribution in [0.25, 0.3) is 44.7 Å². The van der Waals surface area contributed by atoms with Gasteiger partial charge in [-0.15, -0.1) is 0 Å². The SMILES string of the molecule is C.CC(C)(C)[Si](C)(C)OC[C@H]1O[C@@H](n2cnc3c(N)ncnc32)[C@@H](O[Si](C)(C)C(C)(C)C)C1O.CN(C)CC(=O)OC1[C@@H](CO)O[C@@H](n2cnc3c(N)ncnc32)[C@H]1O.CN(C)CC(=O)OC1[C@@H](CO[Si](C)(C)C(C)(C)C)O[C@@H](n2cnc3c(N)ncnc32)[C@H]1O[Si](C)(C)C(C)(C)C.II.Nc1ncnc2c1ncn2[C@@H]1O[C@H](CO)C(O)[C@H]1O.[I][V]([I])[I].[I][V][I]. The van der Waals surface area contributed by atoms with Gasteiger partial charge in [0.1, 0.15) is 108 Å². The minimum atomic E-state index is -2.35. The molecule has 8 aromatic rings. The number of aliphatic hydroxyl groups is 6. The summed E-state index contributed by atoms with van der Waals surface area (Å²) in [5.74, 6) is 0.123. The Hall–Kier alpha value is -1.15. The van der Waals surface area contributed by atoms with Crippen LogP contribution in [0.3, 0.4) is 0 Å². The molecular weight excluding hydrogens is 2580 g/mol. The Morgan fingerprint density at radius 1 is 0.429 bits per heavy atom. The van der Waals surface area contributed by atoms with Gasteiger partial charge in [-0.05, 0) is 101 Å². The molecule has 0 amide bonds. The molecule has 0 bridgehead atoms. The van der Waals surface area contributed by atoms with Gasteiger partial charge in [0.25, 0.3) is 0 Å². The van der Waals surface area contributed by atoms with E-state index in [9.17, 15) is 35.1 Å². The van der Waals surface area contributed by atoms with E-state index < -0.39 is 151 Å². The summed E-state index contributed by atoms with van der Waals surface area (Å²) in [6.07, 6.45) is -1.82. The second-order valence-electron chi connectivity index (χ2n) is 36.4. The van der Waals surface area contributed by atoms with E-state index in [1.807, 2.05) is 18.7 Å². The van der Waals surface area contributed by atoms with Gasteiger partial charge in [0.15, 0.2) is 116 Å². The van der Waals surface area contributed by atoms with Gasteiger partial charge in [-0.3, -0.25) is 37.7 Å². The van der Waals surface area contributed by atoms with Gasteiger partial charge in [-0.1, -0.05) is 90.5 Å². The molecule has 4 aliphatic heterocycles. The van der Waals surface area contributed by atoms with E-state index >= 15 is 0 Å². The van der Waals surface area contributed by atoms with Crippen LogP contribution in [0.2, 0.25) is 72.5 Å². The average molecular weight is 2700 g/mol. The molecule has 0 radical (unpaired) electrons. The molecule has 0 aromatic carbocycles. The normalized spacial score (nSPS) is 24.1. The number of fused-ring (bicyclic) bond motifs is 4. The van der Waals surface area contributed by atoms with Crippen LogP contribution >= 0.6 is 137 Å². The number of rotatable bonds is 22. The van der Waals surface area contributed by atoms with Crippen molar-refractivity contribution in [2.24, 2.45) is 0 Å². The quantitative estimate of drug-likeness (QED) is 0.0171. The Balaban J connectivity index is 0.000000295. The monoisotopic (exact) mass is 2700 g/mol. The number of nitrogen functional groups attached to an aromatic ring is 4. The number of carbonyl (C=O) groups is 2. The predicted molar refractivity (Wildman–Crippen MR) is 545 cm³/mol. The summed E-state index contributed by atoms with van der Waals surface area (Å²) >= 11 is 16.4. The fourth-order valence-corrected chi connectivity index (χ4v) is 16.7. The van der Waals surface area contributed by atoms with Crippen LogP contribution in [0, 0.1) is 0 Å². The average Bonchev–Trinajstić information content (AvgIpc) is 1.61. The Morgan fingerprint density at radius 3 is 1.02 bits per heavy atom. The number of likely N-dealkylation sites (N-methyl/N-ethyl adjacent to an activating group) is 2. The standard InChI is InChI=1S/C26H48N6O5Si2.C22H41N5O4Si2.C14H20N6O5.C10H13N5O4.CH4.I2.5HI.2V/c1-25(2,3)38(9,10)34-14-17-20(36-18(33)13-31(7)8)21(37-39(11,12)26(4,5)6)24(35-17)32-16-30-19-22(27)28-15-29-23(19)32;1-21(2,3)32(7,8)29-11-14-16(28)17(31-33(9,10)22(4,5)6)20(30-14)27-13-26-15-18(23)24-12-25-19(15)27;1-19(2)3-8(22)25-11-7(4-21)24-14(10(11)23)20-6-18-9-12(15)16-5-17-13(9)20;11-8-5-9(13-2-12-8)15(3-14-5)10-7(18)6(17)4(1-16)19-10;;1-2;;;;;;;/h15-17,20-21,24H,13-14H2,1-12H3,(H2,27,28,29);12-14,16-17,20,28H,11H2,1-10H3,(H2,23,24,25);5-7,10-11,14,21,23H,3-4H2,1-2H3,(H2,15,16,17);2-4,6-7,10,16-18H,1H2,(H2,11,12,13);1H4;;5*1H;;/q;;;;;;;;;;;+2;+3/p-5/t17-,20?,21+,24-;14-,16?,17+,20-;7-,10+,11?,14-;4-,6?,7-,10-;;;;;;;;;/m1111........./s1. The summed E-state index contributed by atoms with van der Waals surface area (Å²) in [4.78, 5) is 77.8. The maximum atomic E-state index is 13.0. The Kier molecular flexibility index (Phi) is 45.1. The van der Waals surface area contributed by atoms with E-state index in [0.29, 0.717) is 66.5 Å². The molecular formula is C73H126I7N22O18Si4V2. The van der Waals surface area contributed by atoms with Crippen LogP contribution in [-0.4, -0.2) is 305 Å². The number of nitrogens with two attached hydrogens (primary N) is 4. The number of nitrogens with zero attached hydrogens (tertiary/aromatic N) is 18. The van der Waals surface area contributed by atoms with E-state index in [1.165, 1.54) is 47.1 Å². The van der Waals surface area contributed by atoms with E-state index in [4.69, 9.17) is 74.2 Å². The molecule has 126 heavy (non-hydrogen) atoms. The van der Waals surface area contributed by atoms with Crippen molar-refractivity contribution in [3.8, 4) is 0 Å². The predicted octanol–water partition coefficient (Wildman–Crippen LogP) is 11.3. The molecule has 12 rings (SSSR count). The zero-order valence-electron chi connectivity index (χ0n) is 74.6. The molecule has 4 unspecified atom stereocenters. The van der Waals surface area contributed by atoms with E-state index in [-0.39, 0.29) is 75.6 Å². The third-order valence-electron chi connectivity index (χ3n) is 23.0. The van der Waals surface area contributed by atoms with Crippen molar-refractivity contribution in [1.29, 1.82) is 0 Å². The Labute approximate surface area is 831 Å². The number of esters is 2. The van der Waals surface area contributed by atoms with Gasteiger partial charge in [-0.2, -0.15) is 0 Å². The second kappa shape index (κ2) is 49.2. The summed E-state index contributed by atoms with van der Waals surface area (Å²) in [6.45, 7) is 43.6. The first kappa shape index (κ1) is 115. The van der Waals surface area contributed by atoms with Crippen molar-refractivity contribution in [3.05, 3.63) is 50.6 Å². The maximum absolute atomic E-state index is 13.0. The first-order valence-electron chi connectivity index (χ1n) is 39.3. The molecule has 12 heterocycles. The molecule has 4 fully saturated rings. The van der Waals surface area contributed by atoms with Crippen molar-refractivity contribution in [3.63, 3.8) is 0 Å². The van der Waals surface area contributed by atoms with E-state index in [2.05, 4.69) is 332 Å². The molecule has 40 nitrogen and oxygen atoms in total. The van der Waals surface area contributed by atoms with Gasteiger partial charge < -0.3 is 99.7 Å². The van der Waals surface area contributed by atoms with Crippen molar-refractivity contribution >= 4 is 250 Å². The third-order valence-corrected chi connectivity index (χ3v) is 40.9. The molecule has 8 aromatic heterocycles. The number of carbonyl (C=O) groups excluding carboxylic acids is 2. The van der Waals surface area contributed by atoms with Crippen LogP contribution in [0.5, 0.6) is 0 Å². The molecule has 53 heteroatoms. The summed E-state index contributed by atoms with van der Waals surface area (Å²) in [7, 11) is -0.992. The molecule has 4 saturated heterocycles. The molecule has 4 aliphatic rings. The Bertz CT molecular complexity index is 4770. The van der Waals surface area contributed by atoms with Crippen molar-refractivity contribution in [2.75, 3.05) is 90.6 Å². The van der Waals surface area contributed by atoms with Crippen LogP contribution < -0.4 is 22.9 Å². The fourth-order valence-electron chi connectivity index (χ4n) is 12.1. The van der Waals surface area contributed by atoms with Crippen molar-refractivity contribution in [1.82, 2.24) is 87.9 Å². The molecule has 14 N–H and O–H groups in total. The minimum absolute atomic E-state index is 0. The zero-order chi connectivity index (χ0) is 94.5. The Morgan fingerprint density at radius 2 is 0.706 bits per heavy atom. The molecule has 16 atom stereocenters. The van der Waals surface area contributed by atoms with Crippen LogP contribution in [0.4, 0.5) is 23.3 Å². The number of ether oxygens (including phenoxy) is 6. The van der Waals surface area contributed by atoms with Gasteiger partial charge in [0.2, 0.25) is 0 Å². The van der Waals surface area contributed by atoms with Crippen molar-refractivity contribution in [2.45, 2.75) is 261 Å². The topological polar surface area (TPSA) is 533 Å². The number of halogens is 7. The number of anilines is 4. The van der Waals surface area contributed by atoms with E-state index in [1.54, 1.807) is 41.1 Å². The number of hydrogen-bond donors (Lipinski definition) is 10. The summed E-state index contributed by atoms with van der Waals surface area (Å²) in [5, 5.41) is 60.2. The first-order chi connectivity index (χ1) is 57.9. The zero-order valence-corrected chi connectivity index (χ0v) is 96.5. The van der Waals surface area contributed by atoms with Crippen LogP contribution in [-0.2, 0) is 70.1 Å². The van der Waals surface area contributed by atoms with Crippen LogP contribution in [0.1, 0.15) is 115 Å². The second-order valence-corrected chi connectivity index (χ2v) is 103. The van der Waals surface area contributed by atoms with Crippen LogP contribution in [0.15, 0.2) is 50.6 Å². The number of hydrogen-bond acceptors (Lipinski definition) is 36. The number of aromatic nitrogens is 16. The molecule has 0 aliphatic carbocycles. The summed E-state index contributed by atoms with van der Waals surface area (Å²) in [5.41, 5.74) is 27.1.